The lowest BCUT2D eigenvalue weighted by molar-refractivity contribution is -0.145. The number of ether oxygens (including phenoxy) is 1. The van der Waals surface area contributed by atoms with E-state index in [0.29, 0.717) is 24.2 Å². The molecule has 2 saturated heterocycles. The summed E-state index contributed by atoms with van der Waals surface area (Å²) < 4.78 is 5.25. The van der Waals surface area contributed by atoms with Crippen molar-refractivity contribution in [2.45, 2.75) is 134 Å². The molecule has 2 heterocycles. The van der Waals surface area contributed by atoms with Crippen molar-refractivity contribution in [3.05, 3.63) is 29.8 Å². The SMILES string of the molecule is CC[C@H](C)[C@@H]1NC(=O)[C@H](Cc2ccc(OC)cc2)NC(=O)CCCSC[C@@H](C(=O)N2CCC[C@H]2C(=O)N[C@@H](CC(C)C)C(=O)NCC(N)=O)NC(=O)[C@H](CC(N)=O)NC(=O)[C@H](CCC(N)=O)NC1=O.O=C(O)CN(CCN(CC(=O)O)CC(=O)O)CC(=O)O. The summed E-state index contributed by atoms with van der Waals surface area (Å²) in [6.45, 7) is 4.50. The Kier molecular flexibility index (Phi) is 33.7. The van der Waals surface area contributed by atoms with Gasteiger partial charge in [0.05, 0.1) is 46.3 Å². The molecule has 0 radical (unpaired) electrons. The van der Waals surface area contributed by atoms with Gasteiger partial charge in [-0.15, -0.1) is 0 Å². The molecule has 496 valence electrons. The molecule has 34 heteroatoms. The van der Waals surface area contributed by atoms with Crippen molar-refractivity contribution < 1.29 is 97.1 Å². The van der Waals surface area contributed by atoms with Crippen LogP contribution >= 0.6 is 11.8 Å². The van der Waals surface area contributed by atoms with E-state index in [9.17, 15) is 71.9 Å². The number of carbonyl (C=O) groups is 15. The number of thioether (sulfide) groups is 1. The van der Waals surface area contributed by atoms with Gasteiger partial charge >= 0.3 is 23.9 Å². The number of likely N-dealkylation sites (tertiary alicyclic amines) is 1. The average molecular weight is 1280 g/mol. The number of nitrogens with two attached hydrogens (primary N) is 3. The van der Waals surface area contributed by atoms with E-state index in [1.807, 2.05) is 13.8 Å². The third kappa shape index (κ3) is 29.7. The predicted molar refractivity (Wildman–Crippen MR) is 316 cm³/mol. The number of nitrogens with one attached hydrogen (secondary N) is 7. The van der Waals surface area contributed by atoms with Gasteiger partial charge in [-0.1, -0.05) is 46.2 Å². The van der Waals surface area contributed by atoms with Crippen molar-refractivity contribution in [2.75, 3.05) is 71.0 Å². The van der Waals surface area contributed by atoms with E-state index in [-0.39, 0.29) is 75.6 Å². The largest absolute Gasteiger partial charge is 0.497 e. The number of rotatable bonds is 29. The van der Waals surface area contributed by atoms with E-state index >= 15 is 0 Å². The number of hydrogen-bond donors (Lipinski definition) is 14. The molecule has 3 rings (SSSR count). The van der Waals surface area contributed by atoms with Gasteiger partial charge in [0.25, 0.3) is 0 Å². The van der Waals surface area contributed by atoms with Gasteiger partial charge in [-0.05, 0) is 67.4 Å². The van der Waals surface area contributed by atoms with Crippen LogP contribution in [0.5, 0.6) is 5.75 Å². The lowest BCUT2D eigenvalue weighted by Gasteiger charge is -2.31. The zero-order chi connectivity index (χ0) is 67.1. The fourth-order valence-electron chi connectivity index (χ4n) is 9.16. The molecule has 8 atom stereocenters. The summed E-state index contributed by atoms with van der Waals surface area (Å²) in [5, 5.41) is 52.7. The van der Waals surface area contributed by atoms with Gasteiger partial charge in [-0.2, -0.15) is 11.8 Å². The van der Waals surface area contributed by atoms with Gasteiger partial charge < -0.3 is 84.5 Å². The highest BCUT2D eigenvalue weighted by atomic mass is 32.2. The third-order valence-electron chi connectivity index (χ3n) is 13.8. The van der Waals surface area contributed by atoms with E-state index in [1.165, 1.54) is 23.8 Å². The molecule has 89 heavy (non-hydrogen) atoms. The molecule has 33 nitrogen and oxygen atoms in total. The Hall–Kier alpha value is -8.66. The summed E-state index contributed by atoms with van der Waals surface area (Å²) in [5.74, 6) is -13.5. The molecule has 0 aliphatic carbocycles. The third-order valence-corrected chi connectivity index (χ3v) is 14.9. The Morgan fingerprint density at radius 2 is 1.26 bits per heavy atom. The number of amides is 11. The quantitative estimate of drug-likeness (QED) is 0.0359. The fraction of sp³-hybridized carbons (Fsp3) is 0.618. The van der Waals surface area contributed by atoms with Crippen molar-refractivity contribution in [2.24, 2.45) is 29.0 Å². The molecule has 17 N–H and O–H groups in total. The zero-order valence-electron chi connectivity index (χ0n) is 50.5. The van der Waals surface area contributed by atoms with Crippen LogP contribution in [0.2, 0.25) is 0 Å². The van der Waals surface area contributed by atoms with Gasteiger partial charge in [0, 0.05) is 44.6 Å². The highest BCUT2D eigenvalue weighted by Crippen LogP contribution is 2.22. The fourth-order valence-corrected chi connectivity index (χ4v) is 10.1. The van der Waals surface area contributed by atoms with Crippen molar-refractivity contribution in [3.63, 3.8) is 0 Å². The van der Waals surface area contributed by atoms with Gasteiger partial charge in [0.15, 0.2) is 0 Å². The van der Waals surface area contributed by atoms with Crippen molar-refractivity contribution >= 4 is 101 Å². The van der Waals surface area contributed by atoms with Crippen LogP contribution in [0.25, 0.3) is 0 Å². The topological polar surface area (TPSA) is 518 Å². The van der Waals surface area contributed by atoms with Crippen LogP contribution in [0.15, 0.2) is 24.3 Å². The number of hydrogen-bond acceptors (Lipinski definition) is 19. The number of benzene rings is 1. The zero-order valence-corrected chi connectivity index (χ0v) is 51.3. The Morgan fingerprint density at radius 1 is 0.708 bits per heavy atom. The second-order valence-electron chi connectivity index (χ2n) is 21.6. The minimum absolute atomic E-state index is 0.0237. The number of primary amides is 3. The van der Waals surface area contributed by atoms with Crippen LogP contribution in [0, 0.1) is 11.8 Å². The number of carboxylic acids is 4. The highest BCUT2D eigenvalue weighted by Gasteiger charge is 2.41. The number of carboxylic acid groups (broad SMARTS) is 4. The van der Waals surface area contributed by atoms with Gasteiger partial charge in [0.2, 0.25) is 65.0 Å². The van der Waals surface area contributed by atoms with Crippen LogP contribution in [0.4, 0.5) is 0 Å². The van der Waals surface area contributed by atoms with E-state index < -0.39 is 183 Å². The minimum atomic E-state index is -1.71. The molecule has 0 unspecified atom stereocenters. The number of methoxy groups -OCH3 is 1. The van der Waals surface area contributed by atoms with E-state index in [4.69, 9.17) is 42.4 Å². The van der Waals surface area contributed by atoms with Gasteiger partial charge in [-0.25, -0.2) is 0 Å². The molecule has 2 aliphatic heterocycles. The molecule has 2 fully saturated rings. The smallest absolute Gasteiger partial charge is 0.317 e. The van der Waals surface area contributed by atoms with E-state index in [2.05, 4.69) is 37.2 Å². The van der Waals surface area contributed by atoms with Crippen LogP contribution in [0.3, 0.4) is 0 Å². The Labute approximate surface area is 517 Å². The number of aliphatic carboxylic acids is 4. The second-order valence-corrected chi connectivity index (χ2v) is 22.8. The summed E-state index contributed by atoms with van der Waals surface area (Å²) in [6.07, 6.45) is -0.176. The average Bonchev–Trinajstić information content (AvgIpc) is 2.26. The van der Waals surface area contributed by atoms with Crippen molar-refractivity contribution in [1.82, 2.24) is 51.9 Å². The first-order valence-corrected chi connectivity index (χ1v) is 29.8. The van der Waals surface area contributed by atoms with Gasteiger partial charge in [0.1, 0.15) is 48.0 Å². The molecule has 0 saturated carbocycles. The first-order valence-electron chi connectivity index (χ1n) is 28.6. The molecule has 0 aromatic heterocycles. The second kappa shape index (κ2) is 39.3. The molecular formula is C55H85N13O20S. The molecule has 1 aromatic rings. The predicted octanol–water partition coefficient (Wildman–Crippen LogP) is -4.57. The maximum atomic E-state index is 14.5. The maximum absolute atomic E-state index is 14.5. The summed E-state index contributed by atoms with van der Waals surface area (Å²) in [6, 6.07) is -2.40. The maximum Gasteiger partial charge on any atom is 0.317 e. The summed E-state index contributed by atoms with van der Waals surface area (Å²) >= 11 is 1.18. The monoisotopic (exact) mass is 1280 g/mol. The van der Waals surface area contributed by atoms with Crippen LogP contribution < -0.4 is 59.2 Å². The van der Waals surface area contributed by atoms with Crippen LogP contribution in [-0.4, -0.2) is 237 Å². The molecule has 2 aliphatic rings. The minimum Gasteiger partial charge on any atom is -0.497 e. The van der Waals surface area contributed by atoms with Crippen molar-refractivity contribution in [3.8, 4) is 5.75 Å². The normalized spacial score (nSPS) is 20.4. The highest BCUT2D eigenvalue weighted by molar-refractivity contribution is 7.99. The molecule has 1 aromatic carbocycles. The van der Waals surface area contributed by atoms with E-state index in [1.54, 1.807) is 38.1 Å². The van der Waals surface area contributed by atoms with Crippen LogP contribution in [-0.2, 0) is 78.3 Å². The lowest BCUT2D eigenvalue weighted by atomic mass is 9.96. The molecular weight excluding hydrogens is 1190 g/mol. The van der Waals surface area contributed by atoms with Gasteiger partial charge in [-0.3, -0.25) is 81.7 Å². The standard InChI is InChI=1S/C45H69N11O12S.C10H16N2O8/c1-6-25(4)38-44(66)51-28(15-16-34(46)57)40(62)52-31(21-35(47)58)41(63)54-32(23-69-18-8-10-37(60)50-30(42(64)55-38)20-26-11-13-27(68-5)14-12-26)45(67)56-17-7-9-33(56)43(65)53-29(19-24(2)3)39(61)49-22-36(48)59;13-7(14)3-11(4-8(15)16)1-2-12(5-9(17)18)6-10(19)20/h11-14,24-25,28-33,38H,6-10,15-23H2,1-5H3,(H2,46,57)(H2,47,58)(H2,48,59)(H,49,61)(H,50,60)(H,51,66)(H,52,62)(H,53,65)(H,54,63)(H,55,64);1-6H2,(H,13,14)(H,15,16)(H,17,18)(H,19,20)/t25-,28-,29-,30-,31-,32-,33-,38-;/m0./s1. The summed E-state index contributed by atoms with van der Waals surface area (Å²) in [4.78, 5) is 192. The first-order chi connectivity index (χ1) is 41.8. The van der Waals surface area contributed by atoms with Crippen LogP contribution in [0.1, 0.15) is 91.0 Å². The number of nitrogens with zero attached hydrogens (tertiary/aromatic N) is 3. The molecule has 0 bridgehead atoms. The lowest BCUT2D eigenvalue weighted by Crippen LogP contribution is -2.61. The summed E-state index contributed by atoms with van der Waals surface area (Å²) in [5.41, 5.74) is 16.8. The molecule has 11 amide bonds. The van der Waals surface area contributed by atoms with E-state index in [0.717, 1.165) is 9.80 Å². The number of carbonyl (C=O) groups excluding carboxylic acids is 11. The summed E-state index contributed by atoms with van der Waals surface area (Å²) in [7, 11) is 1.50. The van der Waals surface area contributed by atoms with Crippen molar-refractivity contribution in [1.29, 1.82) is 0 Å². The molecule has 0 spiro atoms. The Balaban J connectivity index is 0.00000115. The Bertz CT molecular complexity index is 2600. The Morgan fingerprint density at radius 3 is 1.76 bits per heavy atom. The first kappa shape index (κ1) is 76.4.